The Hall–Kier alpha value is -4.45. The van der Waals surface area contributed by atoms with Crippen LogP contribution in [0.15, 0.2) is 48.9 Å². The number of nitrogens with zero attached hydrogens (tertiary/aromatic N) is 8. The smallest absolute Gasteiger partial charge is 0.410 e. The molecule has 0 spiro atoms. The van der Waals surface area contributed by atoms with Crippen molar-refractivity contribution in [2.45, 2.75) is 26.4 Å². The number of piperazine rings is 2. The number of anilines is 3. The molecule has 0 bridgehead atoms. The van der Waals surface area contributed by atoms with E-state index in [1.807, 2.05) is 55.9 Å². The van der Waals surface area contributed by atoms with Crippen LogP contribution in [0, 0.1) is 0 Å². The summed E-state index contributed by atoms with van der Waals surface area (Å²) in [6.07, 6.45) is 5.55. The van der Waals surface area contributed by atoms with Crippen LogP contribution in [0.3, 0.4) is 0 Å². The largest absolute Gasteiger partial charge is 0.496 e. The minimum atomic E-state index is -0.503. The van der Waals surface area contributed by atoms with E-state index in [9.17, 15) is 4.79 Å². The zero-order chi connectivity index (χ0) is 31.7. The Kier molecular flexibility index (Phi) is 8.50. The van der Waals surface area contributed by atoms with Crippen molar-refractivity contribution in [2.75, 3.05) is 81.3 Å². The molecule has 0 aliphatic carbocycles. The Morgan fingerprint density at radius 3 is 2.22 bits per heavy atom. The van der Waals surface area contributed by atoms with Crippen LogP contribution in [0.2, 0.25) is 5.02 Å². The SMILES string of the molecule is COc1cc(OC)c(-c2cn3ccc(N4CCN(c5nccc(N6CCN(C(=O)OC(C)(C)C)CC6)n5)CC4)cc3n2)cc1Cl. The van der Waals surface area contributed by atoms with Crippen LogP contribution in [0.4, 0.5) is 22.2 Å². The second kappa shape index (κ2) is 12.5. The molecule has 1 aromatic carbocycles. The predicted molar refractivity (Wildman–Crippen MR) is 175 cm³/mol. The van der Waals surface area contributed by atoms with E-state index in [0.29, 0.717) is 42.7 Å². The van der Waals surface area contributed by atoms with Gasteiger partial charge in [-0.3, -0.25) is 0 Å². The third kappa shape index (κ3) is 6.65. The van der Waals surface area contributed by atoms with Gasteiger partial charge in [0.25, 0.3) is 0 Å². The van der Waals surface area contributed by atoms with Crippen LogP contribution in [-0.4, -0.2) is 103 Å². The molecule has 0 atom stereocenters. The van der Waals surface area contributed by atoms with Gasteiger partial charge in [0.15, 0.2) is 0 Å². The first-order valence-electron chi connectivity index (χ1n) is 15.1. The molecule has 4 aromatic rings. The van der Waals surface area contributed by atoms with E-state index in [1.54, 1.807) is 25.2 Å². The fourth-order valence-corrected chi connectivity index (χ4v) is 5.88. The number of ether oxygens (including phenoxy) is 3. The summed E-state index contributed by atoms with van der Waals surface area (Å²) in [5.41, 5.74) is 3.01. The third-order valence-electron chi connectivity index (χ3n) is 8.00. The Balaban J connectivity index is 1.09. The molecule has 5 heterocycles. The lowest BCUT2D eigenvalue weighted by atomic mass is 10.1. The number of hydrogen-bond donors (Lipinski definition) is 0. The Bertz CT molecular complexity index is 1670. The van der Waals surface area contributed by atoms with Crippen LogP contribution in [0.25, 0.3) is 16.9 Å². The van der Waals surface area contributed by atoms with Crippen molar-refractivity contribution in [3.05, 3.63) is 53.9 Å². The highest BCUT2D eigenvalue weighted by Gasteiger charge is 2.27. The third-order valence-corrected chi connectivity index (χ3v) is 8.30. The first-order chi connectivity index (χ1) is 21.6. The molecular weight excluding hydrogens is 596 g/mol. The quantitative estimate of drug-likeness (QED) is 0.293. The Morgan fingerprint density at radius 2 is 1.53 bits per heavy atom. The number of halogens is 1. The number of rotatable bonds is 6. The lowest BCUT2D eigenvalue weighted by Gasteiger charge is -2.37. The highest BCUT2D eigenvalue weighted by molar-refractivity contribution is 6.32. The van der Waals surface area contributed by atoms with Crippen LogP contribution < -0.4 is 24.2 Å². The van der Waals surface area contributed by atoms with Gasteiger partial charge >= 0.3 is 6.09 Å². The van der Waals surface area contributed by atoms with Crippen molar-refractivity contribution >= 4 is 40.8 Å². The normalized spacial score (nSPS) is 15.9. The summed E-state index contributed by atoms with van der Waals surface area (Å²) in [6.45, 7) is 11.5. The minimum Gasteiger partial charge on any atom is -0.496 e. The van der Waals surface area contributed by atoms with Gasteiger partial charge in [0.1, 0.15) is 28.6 Å². The maximum absolute atomic E-state index is 12.5. The second-order valence-corrected chi connectivity index (χ2v) is 12.5. The zero-order valence-corrected chi connectivity index (χ0v) is 27.1. The summed E-state index contributed by atoms with van der Waals surface area (Å²) in [5, 5.41) is 0.499. The van der Waals surface area contributed by atoms with Crippen molar-refractivity contribution in [3.63, 3.8) is 0 Å². The summed E-state index contributed by atoms with van der Waals surface area (Å²) < 4.78 is 18.5. The molecule has 13 heteroatoms. The molecule has 45 heavy (non-hydrogen) atoms. The van der Waals surface area contributed by atoms with E-state index in [0.717, 1.165) is 60.5 Å². The standard InChI is InChI=1S/C32H39ClN8O4/c1-32(2,3)45-31(42)40-16-12-38(13-17-40)28-6-8-34-30(36-28)39-14-10-37(11-15-39)22-7-9-41-21-25(35-29(41)18-22)23-19-24(33)27(44-5)20-26(23)43-4/h6-9,18-21H,10-17H2,1-5H3. The number of amides is 1. The number of imidazole rings is 1. The fraction of sp³-hybridized carbons (Fsp3) is 0.438. The van der Waals surface area contributed by atoms with E-state index in [2.05, 4.69) is 31.8 Å². The van der Waals surface area contributed by atoms with Gasteiger partial charge in [-0.1, -0.05) is 11.6 Å². The first kappa shape index (κ1) is 30.6. The highest BCUT2D eigenvalue weighted by Crippen LogP contribution is 2.38. The van der Waals surface area contributed by atoms with Crippen molar-refractivity contribution in [1.82, 2.24) is 24.3 Å². The van der Waals surface area contributed by atoms with Crippen molar-refractivity contribution in [2.24, 2.45) is 0 Å². The van der Waals surface area contributed by atoms with Gasteiger partial charge in [-0.25, -0.2) is 14.8 Å². The second-order valence-electron chi connectivity index (χ2n) is 12.1. The van der Waals surface area contributed by atoms with Gasteiger partial charge < -0.3 is 38.2 Å². The van der Waals surface area contributed by atoms with Crippen LogP contribution >= 0.6 is 11.6 Å². The lowest BCUT2D eigenvalue weighted by molar-refractivity contribution is 0.0240. The van der Waals surface area contributed by atoms with Crippen LogP contribution in [-0.2, 0) is 4.74 Å². The Morgan fingerprint density at radius 1 is 0.844 bits per heavy atom. The summed E-state index contributed by atoms with van der Waals surface area (Å²) in [7, 11) is 3.20. The minimum absolute atomic E-state index is 0.266. The number of methoxy groups -OCH3 is 2. The number of pyridine rings is 1. The number of aromatic nitrogens is 4. The predicted octanol–water partition coefficient (Wildman–Crippen LogP) is 4.85. The van der Waals surface area contributed by atoms with E-state index in [-0.39, 0.29) is 6.09 Å². The summed E-state index contributed by atoms with van der Waals surface area (Å²) in [6, 6.07) is 9.75. The molecule has 1 amide bonds. The van der Waals surface area contributed by atoms with E-state index in [1.165, 1.54) is 0 Å². The average molecular weight is 635 g/mol. The van der Waals surface area contributed by atoms with Crippen molar-refractivity contribution < 1.29 is 19.0 Å². The van der Waals surface area contributed by atoms with Gasteiger partial charge in [0, 0.05) is 94.3 Å². The summed E-state index contributed by atoms with van der Waals surface area (Å²) in [5.74, 6) is 2.80. The number of fused-ring (bicyclic) bond motifs is 1. The Labute approximate surface area is 268 Å². The number of carbonyl (C=O) groups is 1. The number of carbonyl (C=O) groups excluding carboxylic acids is 1. The molecule has 0 saturated carbocycles. The van der Waals surface area contributed by atoms with Gasteiger partial charge in [-0.2, -0.15) is 4.98 Å². The van der Waals surface area contributed by atoms with Gasteiger partial charge in [0.05, 0.1) is 24.9 Å². The van der Waals surface area contributed by atoms with Gasteiger partial charge in [-0.05, 0) is 39.0 Å². The maximum Gasteiger partial charge on any atom is 0.410 e. The molecular formula is C32H39ClN8O4. The summed E-state index contributed by atoms with van der Waals surface area (Å²) >= 11 is 6.42. The van der Waals surface area contributed by atoms with Crippen molar-refractivity contribution in [3.8, 4) is 22.8 Å². The summed E-state index contributed by atoms with van der Waals surface area (Å²) in [4.78, 5) is 35.4. The van der Waals surface area contributed by atoms with E-state index < -0.39 is 5.60 Å². The van der Waals surface area contributed by atoms with Crippen LogP contribution in [0.1, 0.15) is 20.8 Å². The molecule has 0 N–H and O–H groups in total. The molecule has 2 aliphatic heterocycles. The molecule has 0 radical (unpaired) electrons. The first-order valence-corrected chi connectivity index (χ1v) is 15.5. The lowest BCUT2D eigenvalue weighted by Crippen LogP contribution is -2.50. The molecule has 2 saturated heterocycles. The molecule has 12 nitrogen and oxygen atoms in total. The monoisotopic (exact) mass is 634 g/mol. The number of benzene rings is 1. The number of hydrogen-bond acceptors (Lipinski definition) is 10. The van der Waals surface area contributed by atoms with E-state index in [4.69, 9.17) is 35.8 Å². The van der Waals surface area contributed by atoms with Crippen molar-refractivity contribution in [1.29, 1.82) is 0 Å². The topological polar surface area (TPSA) is 101 Å². The molecule has 3 aromatic heterocycles. The van der Waals surface area contributed by atoms with E-state index >= 15 is 0 Å². The van der Waals surface area contributed by atoms with Gasteiger partial charge in [0.2, 0.25) is 5.95 Å². The molecule has 238 valence electrons. The maximum atomic E-state index is 12.5. The van der Waals surface area contributed by atoms with Gasteiger partial charge in [-0.15, -0.1) is 0 Å². The fourth-order valence-electron chi connectivity index (χ4n) is 5.63. The zero-order valence-electron chi connectivity index (χ0n) is 26.4. The highest BCUT2D eigenvalue weighted by atomic mass is 35.5. The molecule has 6 rings (SSSR count). The molecule has 2 fully saturated rings. The van der Waals surface area contributed by atoms with Crippen LogP contribution in [0.5, 0.6) is 11.5 Å². The molecule has 2 aliphatic rings. The molecule has 0 unspecified atom stereocenters. The average Bonchev–Trinajstić information content (AvgIpc) is 3.47.